The van der Waals surface area contributed by atoms with Crippen molar-refractivity contribution in [3.05, 3.63) is 34.6 Å². The number of carbonyl (C=O) groups excluding carboxylic acids is 1. The Bertz CT molecular complexity index is 466. The van der Waals surface area contributed by atoms with Crippen molar-refractivity contribution >= 4 is 17.4 Å². The van der Waals surface area contributed by atoms with E-state index in [9.17, 15) is 9.18 Å². The average molecular weight is 224 g/mol. The van der Waals surface area contributed by atoms with Crippen LogP contribution in [-0.2, 0) is 0 Å². The van der Waals surface area contributed by atoms with Gasteiger partial charge in [-0.2, -0.15) is 5.26 Å². The first kappa shape index (κ1) is 10.1. The van der Waals surface area contributed by atoms with Crippen LogP contribution >= 0.6 is 11.6 Å². The normalized spacial score (nSPS) is 23.3. The van der Waals surface area contributed by atoms with Gasteiger partial charge < -0.3 is 0 Å². The standard InChI is InChI=1S/C11H7ClFNO/c12-9-4-6(1-2-10(9)13)11(15)8-3-7(8)5-14/h1-2,4,7-8H,3H2. The molecule has 2 nitrogen and oxygen atoms in total. The SMILES string of the molecule is N#CC1CC1C(=O)c1ccc(F)c(Cl)c1. The smallest absolute Gasteiger partial charge is 0.167 e. The van der Waals surface area contributed by atoms with Crippen molar-refractivity contribution in [1.82, 2.24) is 0 Å². The van der Waals surface area contributed by atoms with E-state index in [2.05, 4.69) is 0 Å². The fourth-order valence-corrected chi connectivity index (χ4v) is 1.67. The lowest BCUT2D eigenvalue weighted by Gasteiger charge is -2.00. The lowest BCUT2D eigenvalue weighted by atomic mass is 10.1. The molecule has 0 N–H and O–H groups in total. The zero-order valence-corrected chi connectivity index (χ0v) is 8.46. The molecule has 1 fully saturated rings. The lowest BCUT2D eigenvalue weighted by Crippen LogP contribution is -2.03. The largest absolute Gasteiger partial charge is 0.294 e. The molecule has 76 valence electrons. The Kier molecular flexibility index (Phi) is 2.45. The second kappa shape index (κ2) is 3.63. The molecule has 1 saturated carbocycles. The third-order valence-electron chi connectivity index (χ3n) is 2.50. The molecule has 0 aromatic heterocycles. The van der Waals surface area contributed by atoms with Crippen LogP contribution in [0.2, 0.25) is 5.02 Å². The van der Waals surface area contributed by atoms with Gasteiger partial charge in [0.15, 0.2) is 5.78 Å². The second-order valence-corrected chi connectivity index (χ2v) is 3.98. The van der Waals surface area contributed by atoms with Crippen LogP contribution in [0.1, 0.15) is 16.8 Å². The van der Waals surface area contributed by atoms with Gasteiger partial charge in [0.25, 0.3) is 0 Å². The highest BCUT2D eigenvalue weighted by Gasteiger charge is 2.43. The minimum absolute atomic E-state index is 0.0602. The number of Topliss-reactive ketones (excluding diaryl/α,β-unsaturated/α-hetero) is 1. The third-order valence-corrected chi connectivity index (χ3v) is 2.79. The van der Waals surface area contributed by atoms with Crippen LogP contribution in [0.4, 0.5) is 4.39 Å². The van der Waals surface area contributed by atoms with E-state index in [1.54, 1.807) is 0 Å². The Labute approximate surface area is 91.3 Å². The molecule has 15 heavy (non-hydrogen) atoms. The molecular weight excluding hydrogens is 217 g/mol. The summed E-state index contributed by atoms with van der Waals surface area (Å²) in [5, 5.41) is 8.52. The van der Waals surface area contributed by atoms with E-state index in [0.717, 1.165) is 0 Å². The average Bonchev–Trinajstić information content (AvgIpc) is 3.00. The number of rotatable bonds is 2. The molecule has 0 aliphatic heterocycles. The van der Waals surface area contributed by atoms with Gasteiger partial charge in [0.05, 0.1) is 17.0 Å². The number of nitrogens with zero attached hydrogens (tertiary/aromatic N) is 1. The van der Waals surface area contributed by atoms with E-state index in [1.165, 1.54) is 18.2 Å². The number of hydrogen-bond acceptors (Lipinski definition) is 2. The first-order valence-corrected chi connectivity index (χ1v) is 4.90. The molecule has 1 aromatic carbocycles. The molecule has 2 atom stereocenters. The van der Waals surface area contributed by atoms with Crippen molar-refractivity contribution in [1.29, 1.82) is 5.26 Å². The molecule has 1 aliphatic rings. The van der Waals surface area contributed by atoms with Crippen molar-refractivity contribution in [2.45, 2.75) is 6.42 Å². The Morgan fingerprint density at radius 2 is 2.33 bits per heavy atom. The molecule has 0 amide bonds. The van der Waals surface area contributed by atoms with Crippen molar-refractivity contribution in [2.75, 3.05) is 0 Å². The van der Waals surface area contributed by atoms with Gasteiger partial charge in [0, 0.05) is 11.5 Å². The number of carbonyl (C=O) groups is 1. The summed E-state index contributed by atoms with van der Waals surface area (Å²) in [5.41, 5.74) is 0.379. The van der Waals surface area contributed by atoms with Crippen LogP contribution in [0.5, 0.6) is 0 Å². The van der Waals surface area contributed by atoms with E-state index >= 15 is 0 Å². The quantitative estimate of drug-likeness (QED) is 0.724. The molecule has 2 rings (SSSR count). The first-order valence-electron chi connectivity index (χ1n) is 4.52. The highest BCUT2D eigenvalue weighted by Crippen LogP contribution is 2.40. The predicted octanol–water partition coefficient (Wildman–Crippen LogP) is 2.82. The summed E-state index contributed by atoms with van der Waals surface area (Å²) in [6.07, 6.45) is 0.602. The monoisotopic (exact) mass is 223 g/mol. The van der Waals surface area contributed by atoms with Crippen LogP contribution < -0.4 is 0 Å². The maximum Gasteiger partial charge on any atom is 0.167 e. The van der Waals surface area contributed by atoms with Crippen molar-refractivity contribution in [3.8, 4) is 6.07 Å². The zero-order valence-electron chi connectivity index (χ0n) is 7.71. The highest BCUT2D eigenvalue weighted by molar-refractivity contribution is 6.31. The van der Waals surface area contributed by atoms with Gasteiger partial charge in [-0.1, -0.05) is 11.6 Å². The Morgan fingerprint density at radius 1 is 1.60 bits per heavy atom. The van der Waals surface area contributed by atoms with E-state index in [1.807, 2.05) is 6.07 Å². The number of nitriles is 1. The number of hydrogen-bond donors (Lipinski definition) is 0. The highest BCUT2D eigenvalue weighted by atomic mass is 35.5. The molecule has 1 aromatic rings. The van der Waals surface area contributed by atoms with Crippen LogP contribution in [-0.4, -0.2) is 5.78 Å². The second-order valence-electron chi connectivity index (χ2n) is 3.57. The van der Waals surface area contributed by atoms with Gasteiger partial charge in [-0.25, -0.2) is 4.39 Å². The maximum atomic E-state index is 12.8. The number of benzene rings is 1. The summed E-state index contributed by atoms with van der Waals surface area (Å²) in [5.74, 6) is -1.07. The molecule has 0 saturated heterocycles. The molecular formula is C11H7ClFNO. The molecule has 2 unspecified atom stereocenters. The first-order chi connectivity index (χ1) is 7.13. The summed E-state index contributed by atoms with van der Waals surface area (Å²) in [4.78, 5) is 11.7. The van der Waals surface area contributed by atoms with Crippen molar-refractivity contribution in [3.63, 3.8) is 0 Å². The zero-order chi connectivity index (χ0) is 11.0. The summed E-state index contributed by atoms with van der Waals surface area (Å²) < 4.78 is 12.8. The minimum Gasteiger partial charge on any atom is -0.294 e. The summed E-state index contributed by atoms with van der Waals surface area (Å²) >= 11 is 5.56. The van der Waals surface area contributed by atoms with Crippen LogP contribution in [0.25, 0.3) is 0 Å². The molecule has 1 aliphatic carbocycles. The molecule has 0 radical (unpaired) electrons. The van der Waals surface area contributed by atoms with Gasteiger partial charge >= 0.3 is 0 Å². The Hall–Kier alpha value is -1.40. The molecule has 0 spiro atoms. The maximum absolute atomic E-state index is 12.8. The Morgan fingerprint density at radius 3 is 2.87 bits per heavy atom. The summed E-state index contributed by atoms with van der Waals surface area (Å²) in [6, 6.07) is 5.91. The van der Waals surface area contributed by atoms with E-state index in [-0.39, 0.29) is 22.6 Å². The van der Waals surface area contributed by atoms with E-state index in [4.69, 9.17) is 16.9 Å². The predicted molar refractivity (Wildman–Crippen MR) is 53.0 cm³/mol. The fraction of sp³-hybridized carbons (Fsp3) is 0.273. The number of halogens is 2. The number of ketones is 1. The third kappa shape index (κ3) is 1.86. The van der Waals surface area contributed by atoms with Crippen LogP contribution in [0.15, 0.2) is 18.2 Å². The van der Waals surface area contributed by atoms with Crippen molar-refractivity contribution < 1.29 is 9.18 Å². The van der Waals surface area contributed by atoms with Crippen LogP contribution in [0.3, 0.4) is 0 Å². The van der Waals surface area contributed by atoms with Crippen molar-refractivity contribution in [2.24, 2.45) is 11.8 Å². The minimum atomic E-state index is -0.541. The van der Waals surface area contributed by atoms with E-state index in [0.29, 0.717) is 12.0 Å². The lowest BCUT2D eigenvalue weighted by molar-refractivity contribution is 0.0964. The summed E-state index contributed by atoms with van der Waals surface area (Å²) in [6.45, 7) is 0. The van der Waals surface area contributed by atoms with Gasteiger partial charge in [-0.3, -0.25) is 4.79 Å². The van der Waals surface area contributed by atoms with Gasteiger partial charge in [-0.15, -0.1) is 0 Å². The fourth-order valence-electron chi connectivity index (χ4n) is 1.49. The molecule has 4 heteroatoms. The Balaban J connectivity index is 2.21. The molecule has 0 bridgehead atoms. The topological polar surface area (TPSA) is 40.9 Å². The van der Waals surface area contributed by atoms with Gasteiger partial charge in [0.2, 0.25) is 0 Å². The van der Waals surface area contributed by atoms with Gasteiger partial charge in [0.1, 0.15) is 5.82 Å². The van der Waals surface area contributed by atoms with Gasteiger partial charge in [-0.05, 0) is 24.6 Å². The van der Waals surface area contributed by atoms with E-state index < -0.39 is 5.82 Å². The van der Waals surface area contributed by atoms with Crippen LogP contribution in [0, 0.1) is 29.0 Å². The summed E-state index contributed by atoms with van der Waals surface area (Å²) in [7, 11) is 0. The molecule has 0 heterocycles.